The van der Waals surface area contributed by atoms with Gasteiger partial charge in [-0.25, -0.2) is 0 Å². The van der Waals surface area contributed by atoms with Gasteiger partial charge in [0.1, 0.15) is 0 Å². The second-order valence-electron chi connectivity index (χ2n) is 3.43. The Balaban J connectivity index is 3.56. The summed E-state index contributed by atoms with van der Waals surface area (Å²) < 4.78 is 0. The summed E-state index contributed by atoms with van der Waals surface area (Å²) in [6, 6.07) is 0.399. The van der Waals surface area contributed by atoms with E-state index in [9.17, 15) is 0 Å². The first-order valence-electron chi connectivity index (χ1n) is 4.67. The Morgan fingerprint density at radius 2 is 2.15 bits per heavy atom. The van der Waals surface area contributed by atoms with Crippen molar-refractivity contribution >= 4 is 17.2 Å². The fraction of sp³-hybridized carbons (Fsp3) is 0.889. The smallest absolute Gasteiger partial charge is 0.0742 e. The van der Waals surface area contributed by atoms with Crippen molar-refractivity contribution in [3.63, 3.8) is 0 Å². The van der Waals surface area contributed by atoms with Crippen LogP contribution in [0.25, 0.3) is 0 Å². The van der Waals surface area contributed by atoms with Crippen LogP contribution in [0, 0.1) is 0 Å². The molecule has 0 aliphatic carbocycles. The Labute approximate surface area is 85.9 Å². The van der Waals surface area contributed by atoms with E-state index in [-0.39, 0.29) is 6.61 Å². The minimum Gasteiger partial charge on any atom is -0.396 e. The third kappa shape index (κ3) is 6.93. The van der Waals surface area contributed by atoms with Gasteiger partial charge in [-0.15, -0.1) is 0 Å². The Hall–Kier alpha value is -0.190. The number of unbranched alkanes of at least 4 members (excludes halogenated alkanes) is 1. The van der Waals surface area contributed by atoms with Gasteiger partial charge in [-0.3, -0.25) is 0 Å². The maximum Gasteiger partial charge on any atom is 0.0742 e. The maximum absolute atomic E-state index is 8.60. The van der Waals surface area contributed by atoms with E-state index in [2.05, 4.69) is 18.9 Å². The van der Waals surface area contributed by atoms with Crippen LogP contribution in [-0.4, -0.2) is 41.2 Å². The molecular weight excluding hydrogens is 184 g/mol. The quantitative estimate of drug-likeness (QED) is 0.475. The van der Waals surface area contributed by atoms with Crippen LogP contribution in [-0.2, 0) is 0 Å². The Morgan fingerprint density at radius 3 is 2.62 bits per heavy atom. The molecule has 0 aromatic heterocycles. The van der Waals surface area contributed by atoms with E-state index < -0.39 is 0 Å². The van der Waals surface area contributed by atoms with Crippen molar-refractivity contribution in [2.24, 2.45) is 5.73 Å². The molecule has 78 valence electrons. The third-order valence-electron chi connectivity index (χ3n) is 2.17. The highest BCUT2D eigenvalue weighted by molar-refractivity contribution is 7.80. The van der Waals surface area contributed by atoms with Crippen LogP contribution < -0.4 is 5.73 Å². The van der Waals surface area contributed by atoms with E-state index in [1.54, 1.807) is 0 Å². The van der Waals surface area contributed by atoms with Gasteiger partial charge >= 0.3 is 0 Å². The molecule has 0 saturated heterocycles. The summed E-state index contributed by atoms with van der Waals surface area (Å²) in [4.78, 5) is 2.79. The lowest BCUT2D eigenvalue weighted by Crippen LogP contribution is -2.33. The summed E-state index contributed by atoms with van der Waals surface area (Å²) >= 11 is 4.84. The van der Waals surface area contributed by atoms with Gasteiger partial charge < -0.3 is 15.7 Å². The lowest BCUT2D eigenvalue weighted by molar-refractivity contribution is 0.235. The highest BCUT2D eigenvalue weighted by atomic mass is 32.1. The highest BCUT2D eigenvalue weighted by Crippen LogP contribution is 2.02. The molecule has 4 heteroatoms. The minimum absolute atomic E-state index is 0.275. The van der Waals surface area contributed by atoms with E-state index in [1.807, 2.05) is 0 Å². The monoisotopic (exact) mass is 204 g/mol. The SMILES string of the molecule is CC(CC(N)=S)N(C)CCCCO. The summed E-state index contributed by atoms with van der Waals surface area (Å²) in [7, 11) is 2.06. The first-order chi connectivity index (χ1) is 6.07. The molecule has 1 unspecified atom stereocenters. The van der Waals surface area contributed by atoms with Gasteiger partial charge in [0.15, 0.2) is 0 Å². The van der Waals surface area contributed by atoms with E-state index in [0.29, 0.717) is 11.0 Å². The zero-order valence-corrected chi connectivity index (χ0v) is 9.31. The lowest BCUT2D eigenvalue weighted by atomic mass is 10.2. The van der Waals surface area contributed by atoms with Gasteiger partial charge in [0, 0.05) is 19.1 Å². The number of hydrogen-bond acceptors (Lipinski definition) is 3. The van der Waals surface area contributed by atoms with Crippen LogP contribution in [0.5, 0.6) is 0 Å². The first kappa shape index (κ1) is 12.8. The Morgan fingerprint density at radius 1 is 1.54 bits per heavy atom. The predicted molar refractivity (Wildman–Crippen MR) is 59.8 cm³/mol. The molecule has 3 nitrogen and oxygen atoms in total. The molecule has 0 bridgehead atoms. The van der Waals surface area contributed by atoms with Crippen LogP contribution in [0.3, 0.4) is 0 Å². The lowest BCUT2D eigenvalue weighted by Gasteiger charge is -2.23. The molecule has 0 radical (unpaired) electrons. The third-order valence-corrected chi connectivity index (χ3v) is 2.33. The molecule has 0 aromatic carbocycles. The zero-order chi connectivity index (χ0) is 10.3. The summed E-state index contributed by atoms with van der Waals surface area (Å²) in [5, 5.41) is 8.60. The maximum atomic E-state index is 8.60. The van der Waals surface area contributed by atoms with E-state index in [4.69, 9.17) is 23.1 Å². The van der Waals surface area contributed by atoms with Crippen LogP contribution in [0.4, 0.5) is 0 Å². The molecule has 0 fully saturated rings. The molecular formula is C9H20N2OS. The van der Waals surface area contributed by atoms with Crippen LogP contribution in [0.1, 0.15) is 26.2 Å². The van der Waals surface area contributed by atoms with Crippen molar-refractivity contribution in [3.05, 3.63) is 0 Å². The van der Waals surface area contributed by atoms with Crippen molar-refractivity contribution in [3.8, 4) is 0 Å². The molecule has 0 aliphatic rings. The van der Waals surface area contributed by atoms with Gasteiger partial charge in [-0.2, -0.15) is 0 Å². The number of hydrogen-bond donors (Lipinski definition) is 2. The fourth-order valence-corrected chi connectivity index (χ4v) is 1.38. The molecule has 13 heavy (non-hydrogen) atoms. The molecule has 0 heterocycles. The van der Waals surface area contributed by atoms with Gasteiger partial charge in [0.25, 0.3) is 0 Å². The van der Waals surface area contributed by atoms with Gasteiger partial charge in [0.2, 0.25) is 0 Å². The fourth-order valence-electron chi connectivity index (χ4n) is 1.14. The van der Waals surface area contributed by atoms with Crippen molar-refractivity contribution in [1.82, 2.24) is 4.90 Å². The standard InChI is InChI=1S/C9H20N2OS/c1-8(7-9(10)13)11(2)5-3-4-6-12/h8,12H,3-7H2,1-2H3,(H2,10,13). The average Bonchev–Trinajstić information content (AvgIpc) is 2.03. The molecule has 0 aliphatic heterocycles. The van der Waals surface area contributed by atoms with Gasteiger partial charge in [0.05, 0.1) is 4.99 Å². The highest BCUT2D eigenvalue weighted by Gasteiger charge is 2.08. The van der Waals surface area contributed by atoms with Crippen LogP contribution in [0.2, 0.25) is 0 Å². The Bertz CT molecular complexity index is 153. The number of thiocarbonyl (C=S) groups is 1. The second-order valence-corrected chi connectivity index (χ2v) is 3.96. The molecule has 0 rings (SSSR count). The van der Waals surface area contributed by atoms with Crippen molar-refractivity contribution in [2.75, 3.05) is 20.2 Å². The number of nitrogens with zero attached hydrogens (tertiary/aromatic N) is 1. The average molecular weight is 204 g/mol. The summed E-state index contributed by atoms with van der Waals surface area (Å²) in [6.07, 6.45) is 2.66. The molecule has 1 atom stereocenters. The Kier molecular flexibility index (Phi) is 7.13. The van der Waals surface area contributed by atoms with Gasteiger partial charge in [-0.1, -0.05) is 12.2 Å². The molecule has 0 spiro atoms. The normalized spacial score (nSPS) is 13.2. The first-order valence-corrected chi connectivity index (χ1v) is 5.08. The van der Waals surface area contributed by atoms with Crippen molar-refractivity contribution in [1.29, 1.82) is 0 Å². The number of rotatable bonds is 7. The van der Waals surface area contributed by atoms with Crippen LogP contribution >= 0.6 is 12.2 Å². The predicted octanol–water partition coefficient (Wildman–Crippen LogP) is 0.755. The number of aliphatic hydroxyl groups is 1. The number of nitrogens with two attached hydrogens (primary N) is 1. The summed E-state index contributed by atoms with van der Waals surface area (Å²) in [5.74, 6) is 0. The molecule has 0 aromatic rings. The van der Waals surface area contributed by atoms with Crippen LogP contribution in [0.15, 0.2) is 0 Å². The number of aliphatic hydroxyl groups excluding tert-OH is 1. The van der Waals surface area contributed by atoms with E-state index in [0.717, 1.165) is 25.8 Å². The summed E-state index contributed by atoms with van der Waals surface area (Å²) in [5.41, 5.74) is 5.45. The van der Waals surface area contributed by atoms with E-state index in [1.165, 1.54) is 0 Å². The van der Waals surface area contributed by atoms with Gasteiger partial charge in [-0.05, 0) is 33.4 Å². The molecule has 0 saturated carbocycles. The van der Waals surface area contributed by atoms with Crippen molar-refractivity contribution < 1.29 is 5.11 Å². The topological polar surface area (TPSA) is 49.5 Å². The summed E-state index contributed by atoms with van der Waals surface area (Å²) in [6.45, 7) is 3.37. The molecule has 0 amide bonds. The second kappa shape index (κ2) is 7.24. The van der Waals surface area contributed by atoms with E-state index >= 15 is 0 Å². The zero-order valence-electron chi connectivity index (χ0n) is 8.49. The molecule has 3 N–H and O–H groups in total. The van der Waals surface area contributed by atoms with Crippen molar-refractivity contribution in [2.45, 2.75) is 32.2 Å². The largest absolute Gasteiger partial charge is 0.396 e. The minimum atomic E-state index is 0.275.